The quantitative estimate of drug-likeness (QED) is 0.556. The van der Waals surface area contributed by atoms with Crippen molar-refractivity contribution in [1.82, 2.24) is 0 Å². The zero-order chi connectivity index (χ0) is 18.5. The number of rotatable bonds is 11. The molecular formula is C23H28O4. The number of benzene rings is 2. The molecule has 2 saturated heterocycles. The van der Waals surface area contributed by atoms with E-state index in [4.69, 9.17) is 18.9 Å². The molecule has 4 nitrogen and oxygen atoms in total. The van der Waals surface area contributed by atoms with Gasteiger partial charge in [0.1, 0.15) is 5.75 Å². The van der Waals surface area contributed by atoms with Crippen LogP contribution in [0.5, 0.6) is 5.75 Å². The van der Waals surface area contributed by atoms with Gasteiger partial charge in [0.25, 0.3) is 0 Å². The van der Waals surface area contributed by atoms with Crippen LogP contribution in [-0.4, -0.2) is 44.7 Å². The molecule has 3 atom stereocenters. The third-order valence-electron chi connectivity index (χ3n) is 5.02. The lowest BCUT2D eigenvalue weighted by atomic mass is 10.0. The average molecular weight is 368 g/mol. The van der Waals surface area contributed by atoms with Crippen LogP contribution in [0.1, 0.15) is 25.3 Å². The predicted octanol–water partition coefficient (Wildman–Crippen LogP) is 4.26. The maximum atomic E-state index is 5.87. The summed E-state index contributed by atoms with van der Waals surface area (Å²) in [5.41, 5.74) is 3.72. The van der Waals surface area contributed by atoms with Gasteiger partial charge in [0.05, 0.1) is 38.1 Å². The molecule has 0 aromatic heterocycles. The van der Waals surface area contributed by atoms with Gasteiger partial charge in [0.15, 0.2) is 0 Å². The minimum atomic E-state index is 0.229. The summed E-state index contributed by atoms with van der Waals surface area (Å²) in [6.45, 7) is 5.43. The van der Waals surface area contributed by atoms with Gasteiger partial charge in [0.2, 0.25) is 0 Å². The Kier molecular flexibility index (Phi) is 6.07. The molecule has 0 radical (unpaired) electrons. The molecule has 2 heterocycles. The van der Waals surface area contributed by atoms with Crippen LogP contribution >= 0.6 is 0 Å². The van der Waals surface area contributed by atoms with Gasteiger partial charge >= 0.3 is 0 Å². The maximum Gasteiger partial charge on any atom is 0.119 e. The van der Waals surface area contributed by atoms with Gasteiger partial charge in [-0.05, 0) is 48.6 Å². The fourth-order valence-corrected chi connectivity index (χ4v) is 3.15. The first kappa shape index (κ1) is 18.5. The number of hydrogen-bond donors (Lipinski definition) is 0. The molecule has 144 valence electrons. The molecule has 0 N–H and O–H groups in total. The minimum absolute atomic E-state index is 0.229. The van der Waals surface area contributed by atoms with Gasteiger partial charge in [-0.15, -0.1) is 0 Å². The van der Waals surface area contributed by atoms with E-state index in [1.165, 1.54) is 16.7 Å². The van der Waals surface area contributed by atoms with Crippen molar-refractivity contribution >= 4 is 0 Å². The van der Waals surface area contributed by atoms with Crippen LogP contribution in [0.15, 0.2) is 48.5 Å². The Bertz CT molecular complexity index is 702. The summed E-state index contributed by atoms with van der Waals surface area (Å²) < 4.78 is 22.0. The highest BCUT2D eigenvalue weighted by Gasteiger charge is 2.22. The fourth-order valence-electron chi connectivity index (χ4n) is 3.15. The molecule has 2 aliphatic heterocycles. The first-order valence-corrected chi connectivity index (χ1v) is 9.93. The van der Waals surface area contributed by atoms with E-state index >= 15 is 0 Å². The van der Waals surface area contributed by atoms with Crippen molar-refractivity contribution in [3.8, 4) is 16.9 Å². The number of ether oxygens (including phenoxy) is 4. The molecule has 4 heteroatoms. The van der Waals surface area contributed by atoms with Crippen LogP contribution in [0.25, 0.3) is 11.1 Å². The SMILES string of the molecule is CC(Cc1ccc(-c2ccc(OCCC3CO3)cc2)cc1)OCCC1CO1. The number of hydrogen-bond acceptors (Lipinski definition) is 4. The lowest BCUT2D eigenvalue weighted by Crippen LogP contribution is -2.13. The van der Waals surface area contributed by atoms with Crippen molar-refractivity contribution in [1.29, 1.82) is 0 Å². The van der Waals surface area contributed by atoms with E-state index in [0.717, 1.165) is 44.8 Å². The standard InChI is InChI=1S/C23H28O4/c1-17(24-12-10-22-15-26-22)14-18-2-4-19(5-3-18)20-6-8-21(9-7-20)25-13-11-23-16-27-23/h2-9,17,22-23H,10-16H2,1H3. The highest BCUT2D eigenvalue weighted by molar-refractivity contribution is 5.64. The molecular weight excluding hydrogens is 340 g/mol. The first-order valence-electron chi connectivity index (χ1n) is 9.93. The average Bonchev–Trinajstić information content (AvgIpc) is 3.59. The Hall–Kier alpha value is -1.88. The normalized spacial score (nSPS) is 21.7. The van der Waals surface area contributed by atoms with Crippen molar-refractivity contribution in [3.05, 3.63) is 54.1 Å². The van der Waals surface area contributed by atoms with E-state index in [9.17, 15) is 0 Å². The Labute approximate surface area is 161 Å². The maximum absolute atomic E-state index is 5.87. The van der Waals surface area contributed by atoms with Crippen molar-refractivity contribution in [2.45, 2.75) is 44.5 Å². The summed E-state index contributed by atoms with van der Waals surface area (Å²) in [4.78, 5) is 0. The summed E-state index contributed by atoms with van der Waals surface area (Å²) in [6.07, 6.45) is 4.01. The second-order valence-electron chi connectivity index (χ2n) is 7.44. The molecule has 3 unspecified atom stereocenters. The topological polar surface area (TPSA) is 43.5 Å². The highest BCUT2D eigenvalue weighted by atomic mass is 16.6. The van der Waals surface area contributed by atoms with E-state index in [0.29, 0.717) is 18.8 Å². The van der Waals surface area contributed by atoms with Crippen LogP contribution in [0.3, 0.4) is 0 Å². The summed E-state index contributed by atoms with van der Waals surface area (Å²) >= 11 is 0. The van der Waals surface area contributed by atoms with E-state index < -0.39 is 0 Å². The van der Waals surface area contributed by atoms with Crippen molar-refractivity contribution in [2.75, 3.05) is 26.4 Å². The fraction of sp³-hybridized carbons (Fsp3) is 0.478. The highest BCUT2D eigenvalue weighted by Crippen LogP contribution is 2.24. The lowest BCUT2D eigenvalue weighted by molar-refractivity contribution is 0.0611. The third-order valence-corrected chi connectivity index (χ3v) is 5.02. The molecule has 2 aromatic rings. The van der Waals surface area contributed by atoms with Gasteiger partial charge in [-0.25, -0.2) is 0 Å². The van der Waals surface area contributed by atoms with Crippen molar-refractivity contribution in [2.24, 2.45) is 0 Å². The molecule has 0 amide bonds. The van der Waals surface area contributed by atoms with Crippen LogP contribution in [0.2, 0.25) is 0 Å². The Morgan fingerprint density at radius 2 is 1.41 bits per heavy atom. The van der Waals surface area contributed by atoms with E-state index in [-0.39, 0.29) is 6.10 Å². The smallest absolute Gasteiger partial charge is 0.119 e. The van der Waals surface area contributed by atoms with Crippen LogP contribution in [0, 0.1) is 0 Å². The van der Waals surface area contributed by atoms with Gasteiger partial charge < -0.3 is 18.9 Å². The third kappa shape index (κ3) is 6.06. The molecule has 27 heavy (non-hydrogen) atoms. The van der Waals surface area contributed by atoms with Gasteiger partial charge in [-0.2, -0.15) is 0 Å². The second-order valence-corrected chi connectivity index (χ2v) is 7.44. The summed E-state index contributed by atoms with van der Waals surface area (Å²) in [7, 11) is 0. The summed E-state index contributed by atoms with van der Waals surface area (Å²) in [6, 6.07) is 17.1. The summed E-state index contributed by atoms with van der Waals surface area (Å²) in [5, 5.41) is 0. The predicted molar refractivity (Wildman–Crippen MR) is 105 cm³/mol. The summed E-state index contributed by atoms with van der Waals surface area (Å²) in [5.74, 6) is 0.915. The molecule has 0 spiro atoms. The number of epoxide rings is 2. The van der Waals surface area contributed by atoms with Gasteiger partial charge in [-0.1, -0.05) is 36.4 Å². The zero-order valence-corrected chi connectivity index (χ0v) is 15.9. The molecule has 2 fully saturated rings. The van der Waals surface area contributed by atoms with Gasteiger partial charge in [0, 0.05) is 13.0 Å². The minimum Gasteiger partial charge on any atom is -0.493 e. The van der Waals surface area contributed by atoms with Crippen LogP contribution < -0.4 is 4.74 Å². The molecule has 2 aromatic carbocycles. The van der Waals surface area contributed by atoms with Crippen molar-refractivity contribution in [3.63, 3.8) is 0 Å². The molecule has 2 aliphatic rings. The van der Waals surface area contributed by atoms with E-state index in [1.54, 1.807) is 0 Å². The largest absolute Gasteiger partial charge is 0.493 e. The molecule has 0 aliphatic carbocycles. The second kappa shape index (κ2) is 8.87. The zero-order valence-electron chi connectivity index (χ0n) is 15.9. The van der Waals surface area contributed by atoms with Gasteiger partial charge in [-0.3, -0.25) is 0 Å². The molecule has 0 bridgehead atoms. The Morgan fingerprint density at radius 1 is 0.852 bits per heavy atom. The Morgan fingerprint density at radius 3 is 2.00 bits per heavy atom. The van der Waals surface area contributed by atoms with E-state index in [1.807, 2.05) is 12.1 Å². The van der Waals surface area contributed by atoms with E-state index in [2.05, 4.69) is 43.3 Å². The lowest BCUT2D eigenvalue weighted by Gasteiger charge is -2.13. The van der Waals surface area contributed by atoms with Crippen LogP contribution in [-0.2, 0) is 20.6 Å². The molecule has 4 rings (SSSR count). The first-order chi connectivity index (χ1) is 13.3. The monoisotopic (exact) mass is 368 g/mol. The van der Waals surface area contributed by atoms with Crippen LogP contribution in [0.4, 0.5) is 0 Å². The molecule has 0 saturated carbocycles. The Balaban J connectivity index is 1.24. The van der Waals surface area contributed by atoms with Crippen molar-refractivity contribution < 1.29 is 18.9 Å².